The highest BCUT2D eigenvalue weighted by molar-refractivity contribution is 5.60. The van der Waals surface area contributed by atoms with Crippen LogP contribution in [0.15, 0.2) is 24.3 Å². The van der Waals surface area contributed by atoms with E-state index in [1.165, 1.54) is 6.07 Å². The van der Waals surface area contributed by atoms with Crippen molar-refractivity contribution in [3.05, 3.63) is 41.5 Å². The van der Waals surface area contributed by atoms with Gasteiger partial charge in [-0.15, -0.1) is 0 Å². The topological polar surface area (TPSA) is 49.8 Å². The molecule has 21 heavy (non-hydrogen) atoms. The molecule has 0 spiro atoms. The lowest BCUT2D eigenvalue weighted by Crippen LogP contribution is -2.06. The monoisotopic (exact) mass is 288 g/mol. The van der Waals surface area contributed by atoms with E-state index in [-0.39, 0.29) is 5.82 Å². The highest BCUT2D eigenvalue weighted by Crippen LogP contribution is 2.21. The van der Waals surface area contributed by atoms with Gasteiger partial charge in [-0.05, 0) is 38.0 Å². The molecular formula is C16H21FN4. The van der Waals surface area contributed by atoms with Crippen molar-refractivity contribution in [1.82, 2.24) is 9.97 Å². The molecule has 1 heterocycles. The summed E-state index contributed by atoms with van der Waals surface area (Å²) in [6, 6.07) is 6.76. The third-order valence-corrected chi connectivity index (χ3v) is 2.99. The number of hydrogen-bond donors (Lipinski definition) is 2. The minimum Gasteiger partial charge on any atom is -0.370 e. The van der Waals surface area contributed by atoms with Crippen LogP contribution in [0.1, 0.15) is 31.7 Å². The first-order chi connectivity index (χ1) is 10.1. The van der Waals surface area contributed by atoms with Crippen LogP contribution in [-0.4, -0.2) is 16.5 Å². The van der Waals surface area contributed by atoms with Gasteiger partial charge in [0.15, 0.2) is 0 Å². The van der Waals surface area contributed by atoms with Gasteiger partial charge in [-0.3, -0.25) is 0 Å². The second-order valence-electron chi connectivity index (χ2n) is 4.94. The largest absolute Gasteiger partial charge is 0.370 e. The first-order valence-electron chi connectivity index (χ1n) is 7.27. The van der Waals surface area contributed by atoms with Gasteiger partial charge in [-0.25, -0.2) is 14.4 Å². The number of hydrogen-bond acceptors (Lipinski definition) is 4. The Hall–Kier alpha value is -2.17. The summed E-state index contributed by atoms with van der Waals surface area (Å²) in [4.78, 5) is 8.88. The molecule has 0 radical (unpaired) electrons. The molecule has 0 unspecified atom stereocenters. The predicted octanol–water partition coefficient (Wildman–Crippen LogP) is 4.05. The summed E-state index contributed by atoms with van der Waals surface area (Å²) in [5.41, 5.74) is 1.42. The minimum atomic E-state index is -0.291. The van der Waals surface area contributed by atoms with Crippen LogP contribution in [0.4, 0.5) is 21.7 Å². The molecule has 2 N–H and O–H groups in total. The second-order valence-corrected chi connectivity index (χ2v) is 4.94. The first-order valence-corrected chi connectivity index (χ1v) is 7.27. The highest BCUT2D eigenvalue weighted by Gasteiger charge is 2.07. The molecule has 0 aliphatic carbocycles. The Bertz CT molecular complexity index is 589. The second kappa shape index (κ2) is 7.02. The maximum absolute atomic E-state index is 13.8. The maximum Gasteiger partial charge on any atom is 0.146 e. The normalized spacial score (nSPS) is 10.5. The molecule has 0 amide bonds. The van der Waals surface area contributed by atoms with E-state index in [0.717, 1.165) is 36.6 Å². The van der Waals surface area contributed by atoms with Crippen LogP contribution in [0.2, 0.25) is 0 Å². The summed E-state index contributed by atoms with van der Waals surface area (Å²) in [6.07, 6.45) is 1.76. The summed E-state index contributed by atoms with van der Waals surface area (Å²) in [5.74, 6) is 1.83. The minimum absolute atomic E-state index is 0.291. The van der Waals surface area contributed by atoms with Crippen molar-refractivity contribution in [1.29, 1.82) is 0 Å². The molecule has 0 saturated heterocycles. The Kier molecular flexibility index (Phi) is 5.09. The van der Waals surface area contributed by atoms with E-state index in [2.05, 4.69) is 27.5 Å². The van der Waals surface area contributed by atoms with E-state index in [0.29, 0.717) is 11.5 Å². The maximum atomic E-state index is 13.8. The van der Waals surface area contributed by atoms with Crippen molar-refractivity contribution in [3.8, 4) is 0 Å². The molecule has 4 nitrogen and oxygen atoms in total. The van der Waals surface area contributed by atoms with Gasteiger partial charge in [0.25, 0.3) is 0 Å². The fourth-order valence-electron chi connectivity index (χ4n) is 2.04. The summed E-state index contributed by atoms with van der Waals surface area (Å²) in [6.45, 7) is 6.80. The molecule has 2 rings (SSSR count). The number of rotatable bonds is 6. The number of halogens is 1. The summed E-state index contributed by atoms with van der Waals surface area (Å²) >= 11 is 0. The van der Waals surface area contributed by atoms with Crippen LogP contribution >= 0.6 is 0 Å². The van der Waals surface area contributed by atoms with Crippen LogP contribution in [-0.2, 0) is 6.42 Å². The Morgan fingerprint density at radius 1 is 1.10 bits per heavy atom. The summed E-state index contributed by atoms with van der Waals surface area (Å²) in [5, 5.41) is 6.22. The summed E-state index contributed by atoms with van der Waals surface area (Å²) in [7, 11) is 0. The first kappa shape index (κ1) is 15.2. The SMILES string of the molecule is CCCc1nc(NCC)cc(Nc2cc(C)ccc2F)n1. The van der Waals surface area contributed by atoms with Crippen molar-refractivity contribution in [2.45, 2.75) is 33.6 Å². The van der Waals surface area contributed by atoms with Crippen LogP contribution in [0.5, 0.6) is 0 Å². The fourth-order valence-corrected chi connectivity index (χ4v) is 2.04. The number of nitrogens with zero attached hydrogens (tertiary/aromatic N) is 2. The van der Waals surface area contributed by atoms with Crippen LogP contribution in [0.3, 0.4) is 0 Å². The van der Waals surface area contributed by atoms with E-state index in [9.17, 15) is 4.39 Å². The van der Waals surface area contributed by atoms with E-state index >= 15 is 0 Å². The zero-order chi connectivity index (χ0) is 15.2. The molecule has 5 heteroatoms. The van der Waals surface area contributed by atoms with Gasteiger partial charge in [-0.1, -0.05) is 13.0 Å². The van der Waals surface area contributed by atoms with Crippen LogP contribution < -0.4 is 10.6 Å². The Balaban J connectivity index is 2.31. The number of aryl methyl sites for hydroxylation is 2. The van der Waals surface area contributed by atoms with E-state index in [1.807, 2.05) is 13.8 Å². The van der Waals surface area contributed by atoms with Gasteiger partial charge in [0, 0.05) is 19.0 Å². The molecule has 2 aromatic rings. The van der Waals surface area contributed by atoms with Crippen molar-refractivity contribution in [2.75, 3.05) is 17.2 Å². The highest BCUT2D eigenvalue weighted by atomic mass is 19.1. The van der Waals surface area contributed by atoms with Gasteiger partial charge in [0.05, 0.1) is 5.69 Å². The average molecular weight is 288 g/mol. The fraction of sp³-hybridized carbons (Fsp3) is 0.375. The molecule has 0 saturated carbocycles. The molecule has 0 fully saturated rings. The predicted molar refractivity (Wildman–Crippen MR) is 84.6 cm³/mol. The lowest BCUT2D eigenvalue weighted by atomic mass is 10.2. The molecule has 112 valence electrons. The zero-order valence-electron chi connectivity index (χ0n) is 12.7. The molecular weight excluding hydrogens is 267 g/mol. The van der Waals surface area contributed by atoms with E-state index in [4.69, 9.17) is 0 Å². The number of benzene rings is 1. The Labute approximate surface area is 124 Å². The zero-order valence-corrected chi connectivity index (χ0v) is 12.7. The van der Waals surface area contributed by atoms with Crippen molar-refractivity contribution in [3.63, 3.8) is 0 Å². The number of aromatic nitrogens is 2. The van der Waals surface area contributed by atoms with E-state index in [1.54, 1.807) is 18.2 Å². The smallest absolute Gasteiger partial charge is 0.146 e. The molecule has 1 aromatic heterocycles. The third kappa shape index (κ3) is 4.15. The Morgan fingerprint density at radius 2 is 1.86 bits per heavy atom. The van der Waals surface area contributed by atoms with Gasteiger partial charge >= 0.3 is 0 Å². The molecule has 1 aromatic carbocycles. The van der Waals surface area contributed by atoms with Crippen LogP contribution in [0.25, 0.3) is 0 Å². The third-order valence-electron chi connectivity index (χ3n) is 2.99. The average Bonchev–Trinajstić information content (AvgIpc) is 2.43. The van der Waals surface area contributed by atoms with Gasteiger partial charge in [0.2, 0.25) is 0 Å². The van der Waals surface area contributed by atoms with Crippen LogP contribution in [0, 0.1) is 12.7 Å². The van der Waals surface area contributed by atoms with Crippen molar-refractivity contribution >= 4 is 17.3 Å². The summed E-state index contributed by atoms with van der Waals surface area (Å²) < 4.78 is 13.8. The van der Waals surface area contributed by atoms with Gasteiger partial charge in [0.1, 0.15) is 23.3 Å². The van der Waals surface area contributed by atoms with Gasteiger partial charge < -0.3 is 10.6 Å². The lowest BCUT2D eigenvalue weighted by Gasteiger charge is -2.11. The number of anilines is 3. The van der Waals surface area contributed by atoms with Crippen molar-refractivity contribution < 1.29 is 4.39 Å². The van der Waals surface area contributed by atoms with Gasteiger partial charge in [-0.2, -0.15) is 0 Å². The number of nitrogens with one attached hydrogen (secondary N) is 2. The van der Waals surface area contributed by atoms with E-state index < -0.39 is 0 Å². The molecule has 0 aliphatic rings. The molecule has 0 aliphatic heterocycles. The van der Waals surface area contributed by atoms with Crippen molar-refractivity contribution in [2.24, 2.45) is 0 Å². The molecule has 0 bridgehead atoms. The quantitative estimate of drug-likeness (QED) is 0.842. The standard InChI is InChI=1S/C16H21FN4/c1-4-6-14-20-15(18-5-2)10-16(21-14)19-13-9-11(3)7-8-12(13)17/h7-10H,4-6H2,1-3H3,(H2,18,19,20,21). The molecule has 0 atom stereocenters. The Morgan fingerprint density at radius 3 is 2.57 bits per heavy atom. The lowest BCUT2D eigenvalue weighted by molar-refractivity contribution is 0.631.